The van der Waals surface area contributed by atoms with Crippen molar-refractivity contribution in [3.8, 4) is 0 Å². The summed E-state index contributed by atoms with van der Waals surface area (Å²) in [5.41, 5.74) is 0.854. The van der Waals surface area contributed by atoms with Crippen LogP contribution >= 0.6 is 7.14 Å². The molecule has 0 spiro atoms. The predicted octanol–water partition coefficient (Wildman–Crippen LogP) is 5.01. The number of rotatable bonds is 10. The molecule has 0 saturated heterocycles. The van der Waals surface area contributed by atoms with Gasteiger partial charge in [-0.3, -0.25) is 0 Å². The average Bonchev–Trinajstić information content (AvgIpc) is 2.80. The molecule has 164 valence electrons. The van der Waals surface area contributed by atoms with Gasteiger partial charge in [0.25, 0.3) is 0 Å². The van der Waals surface area contributed by atoms with Crippen LogP contribution in [0.2, 0.25) is 0 Å². The summed E-state index contributed by atoms with van der Waals surface area (Å²) < 4.78 is 41.8. The molecule has 3 rings (SSSR count). The van der Waals surface area contributed by atoms with Crippen molar-refractivity contribution < 1.29 is 13.0 Å². The van der Waals surface area contributed by atoms with E-state index in [0.717, 1.165) is 29.0 Å². The molecule has 0 aliphatic heterocycles. The number of sulfonamides is 1. The first-order chi connectivity index (χ1) is 14.9. The largest absolute Gasteiger partial charge is 0.313 e. The van der Waals surface area contributed by atoms with E-state index in [1.807, 2.05) is 74.5 Å². The fourth-order valence-corrected chi connectivity index (χ4v) is 8.01. The Morgan fingerprint density at radius 3 is 1.58 bits per heavy atom. The quantitative estimate of drug-likeness (QED) is 0.404. The fraction of sp³-hybridized carbons (Fsp3) is 0.280. The molecule has 3 aromatic rings. The molecule has 3 aromatic carbocycles. The zero-order valence-electron chi connectivity index (χ0n) is 18.1. The van der Waals surface area contributed by atoms with E-state index in [-0.39, 0.29) is 4.90 Å². The minimum Gasteiger partial charge on any atom is -0.313 e. The van der Waals surface area contributed by atoms with Crippen molar-refractivity contribution in [1.29, 1.82) is 0 Å². The Labute approximate surface area is 186 Å². The van der Waals surface area contributed by atoms with Crippen molar-refractivity contribution in [2.75, 3.05) is 13.1 Å². The van der Waals surface area contributed by atoms with E-state index in [9.17, 15) is 13.0 Å². The van der Waals surface area contributed by atoms with Gasteiger partial charge in [-0.25, -0.2) is 8.42 Å². The summed E-state index contributed by atoms with van der Waals surface area (Å²) in [7, 11) is -6.43. The van der Waals surface area contributed by atoms with Crippen LogP contribution < -0.4 is 10.6 Å². The Hall–Kier alpha value is -2.20. The lowest BCUT2D eigenvalue weighted by Gasteiger charge is -2.22. The van der Waals surface area contributed by atoms with Crippen molar-refractivity contribution in [2.24, 2.45) is 0 Å². The smallest absolute Gasteiger partial charge is 0.243 e. The van der Waals surface area contributed by atoms with Crippen LogP contribution in [0.15, 0.2) is 89.8 Å². The van der Waals surface area contributed by atoms with Crippen molar-refractivity contribution in [2.45, 2.75) is 37.7 Å². The highest BCUT2D eigenvalue weighted by atomic mass is 32.2. The van der Waals surface area contributed by atoms with Crippen molar-refractivity contribution >= 4 is 27.8 Å². The van der Waals surface area contributed by atoms with E-state index >= 15 is 0 Å². The molecule has 0 radical (unpaired) electrons. The molecule has 0 unspecified atom stereocenters. The molecule has 0 amide bonds. The van der Waals surface area contributed by atoms with Crippen LogP contribution in [0.1, 0.15) is 32.3 Å². The maximum atomic E-state index is 14.2. The van der Waals surface area contributed by atoms with E-state index in [1.54, 1.807) is 28.6 Å². The first kappa shape index (κ1) is 23.5. The zero-order valence-corrected chi connectivity index (χ0v) is 19.9. The van der Waals surface area contributed by atoms with Gasteiger partial charge in [-0.2, -0.15) is 4.31 Å². The van der Waals surface area contributed by atoms with Crippen molar-refractivity contribution in [1.82, 2.24) is 4.31 Å². The third-order valence-corrected chi connectivity index (χ3v) is 10.2. The topological polar surface area (TPSA) is 54.5 Å². The van der Waals surface area contributed by atoms with Gasteiger partial charge in [0.1, 0.15) is 7.14 Å². The van der Waals surface area contributed by atoms with Crippen LogP contribution in [0.4, 0.5) is 0 Å². The standard InChI is InChI=1S/C25H30NO3PS/c1-3-19-26(20-4-2)31(28,29)25-17-15-22(16-18-25)21-30(27,23-11-7-5-8-12-23)24-13-9-6-10-14-24/h5-18H,3-4,19-21H2,1-2H3. The minimum absolute atomic E-state index is 0.285. The van der Waals surface area contributed by atoms with Crippen LogP contribution in [0.3, 0.4) is 0 Å². The molecule has 0 aliphatic rings. The second kappa shape index (κ2) is 10.4. The Morgan fingerprint density at radius 1 is 0.710 bits per heavy atom. The highest BCUT2D eigenvalue weighted by Gasteiger charge is 2.28. The molecule has 0 saturated carbocycles. The summed E-state index contributed by atoms with van der Waals surface area (Å²) in [5, 5.41) is 1.60. The van der Waals surface area contributed by atoms with Gasteiger partial charge in [0.2, 0.25) is 10.0 Å². The second-order valence-electron chi connectivity index (χ2n) is 7.62. The molecule has 0 aliphatic carbocycles. The number of hydrogen-bond donors (Lipinski definition) is 0. The summed E-state index contributed by atoms with van der Waals surface area (Å²) in [5.74, 6) is 0. The van der Waals surface area contributed by atoms with Crippen LogP contribution in [0, 0.1) is 0 Å². The summed E-state index contributed by atoms with van der Waals surface area (Å²) in [4.78, 5) is 0.285. The maximum absolute atomic E-state index is 14.2. The monoisotopic (exact) mass is 455 g/mol. The van der Waals surface area contributed by atoms with Gasteiger partial charge in [0.05, 0.1) is 4.90 Å². The molecular formula is C25H30NO3PS. The van der Waals surface area contributed by atoms with Gasteiger partial charge >= 0.3 is 0 Å². The Bertz CT molecular complexity index is 1060. The molecule has 0 bridgehead atoms. The van der Waals surface area contributed by atoms with Crippen LogP contribution in [-0.4, -0.2) is 25.8 Å². The zero-order chi connectivity index (χ0) is 22.3. The number of nitrogens with zero attached hydrogens (tertiary/aromatic N) is 1. The van der Waals surface area contributed by atoms with Gasteiger partial charge in [-0.1, -0.05) is 86.6 Å². The van der Waals surface area contributed by atoms with Crippen molar-refractivity contribution in [3.05, 3.63) is 90.5 Å². The summed E-state index contributed by atoms with van der Waals surface area (Å²) >= 11 is 0. The van der Waals surface area contributed by atoms with Gasteiger partial charge in [0, 0.05) is 29.9 Å². The Morgan fingerprint density at radius 2 is 1.16 bits per heavy atom. The predicted molar refractivity (Wildman–Crippen MR) is 129 cm³/mol. The van der Waals surface area contributed by atoms with Crippen molar-refractivity contribution in [3.63, 3.8) is 0 Å². The van der Waals surface area contributed by atoms with Crippen LogP contribution in [0.5, 0.6) is 0 Å². The van der Waals surface area contributed by atoms with E-state index in [4.69, 9.17) is 0 Å². The lowest BCUT2D eigenvalue weighted by atomic mass is 10.2. The van der Waals surface area contributed by atoms with Gasteiger partial charge in [-0.05, 0) is 30.5 Å². The molecule has 4 nitrogen and oxygen atoms in total. The van der Waals surface area contributed by atoms with E-state index in [2.05, 4.69) is 0 Å². The summed E-state index contributed by atoms with van der Waals surface area (Å²) in [6, 6.07) is 25.9. The van der Waals surface area contributed by atoms with Crippen LogP contribution in [0.25, 0.3) is 0 Å². The van der Waals surface area contributed by atoms with E-state index < -0.39 is 17.2 Å². The molecule has 31 heavy (non-hydrogen) atoms. The summed E-state index contributed by atoms with van der Waals surface area (Å²) in [6.45, 7) is 4.97. The second-order valence-corrected chi connectivity index (χ2v) is 12.4. The Balaban J connectivity index is 1.93. The molecule has 6 heteroatoms. The average molecular weight is 456 g/mol. The number of hydrogen-bond acceptors (Lipinski definition) is 3. The number of benzene rings is 3. The highest BCUT2D eigenvalue weighted by Crippen LogP contribution is 2.46. The lowest BCUT2D eigenvalue weighted by molar-refractivity contribution is 0.410. The SMILES string of the molecule is CCCN(CCC)S(=O)(=O)c1ccc(CP(=O)(c2ccccc2)c2ccccc2)cc1. The molecule has 0 aromatic heterocycles. The van der Waals surface area contributed by atoms with E-state index in [0.29, 0.717) is 19.3 Å². The maximum Gasteiger partial charge on any atom is 0.243 e. The van der Waals surface area contributed by atoms with Gasteiger partial charge in [0.15, 0.2) is 0 Å². The normalized spacial score (nSPS) is 12.2. The lowest BCUT2D eigenvalue weighted by Crippen LogP contribution is -2.32. The molecule has 0 N–H and O–H groups in total. The first-order valence-corrected chi connectivity index (χ1v) is 14.0. The van der Waals surface area contributed by atoms with E-state index in [1.165, 1.54) is 0 Å². The van der Waals surface area contributed by atoms with Crippen LogP contribution in [-0.2, 0) is 20.8 Å². The highest BCUT2D eigenvalue weighted by molar-refractivity contribution is 7.89. The fourth-order valence-electron chi connectivity index (χ4n) is 3.69. The molecule has 0 fully saturated rings. The van der Waals surface area contributed by atoms with Gasteiger partial charge < -0.3 is 4.57 Å². The third-order valence-electron chi connectivity index (χ3n) is 5.26. The molecule has 0 atom stereocenters. The third kappa shape index (κ3) is 5.35. The first-order valence-electron chi connectivity index (χ1n) is 10.7. The molecular weight excluding hydrogens is 425 g/mol. The minimum atomic E-state index is -3.53. The molecule has 0 heterocycles. The summed E-state index contributed by atoms with van der Waals surface area (Å²) in [6.07, 6.45) is 1.89. The Kier molecular flexibility index (Phi) is 7.88. The van der Waals surface area contributed by atoms with Gasteiger partial charge in [-0.15, -0.1) is 0 Å².